The third-order valence-corrected chi connectivity index (χ3v) is 6.54. The van der Waals surface area contributed by atoms with Gasteiger partial charge in [0.1, 0.15) is 5.76 Å². The molecule has 1 fully saturated rings. The molecule has 2 heterocycles. The summed E-state index contributed by atoms with van der Waals surface area (Å²) < 4.78 is 5.54. The van der Waals surface area contributed by atoms with E-state index in [1.807, 2.05) is 54.2 Å². The van der Waals surface area contributed by atoms with E-state index in [1.54, 1.807) is 6.26 Å². The Morgan fingerprint density at radius 2 is 1.90 bits per heavy atom. The van der Waals surface area contributed by atoms with Crippen molar-refractivity contribution >= 4 is 17.5 Å². The Kier molecular flexibility index (Phi) is 6.23. The Hall–Kier alpha value is -2.60. The fraction of sp³-hybridized carbons (Fsp3) is 0.500. The van der Waals surface area contributed by atoms with E-state index in [0.717, 1.165) is 43.6 Å². The second-order valence-corrected chi connectivity index (χ2v) is 8.61. The fourth-order valence-electron chi connectivity index (χ4n) is 4.85. The van der Waals surface area contributed by atoms with Gasteiger partial charge in [0.15, 0.2) is 0 Å². The minimum atomic E-state index is -0.265. The van der Waals surface area contributed by atoms with E-state index < -0.39 is 0 Å². The fourth-order valence-corrected chi connectivity index (χ4v) is 4.85. The minimum absolute atomic E-state index is 0.0149. The van der Waals surface area contributed by atoms with Gasteiger partial charge in [-0.05, 0) is 57.1 Å². The lowest BCUT2D eigenvalue weighted by molar-refractivity contribution is -0.135. The highest BCUT2D eigenvalue weighted by atomic mass is 16.3. The highest BCUT2D eigenvalue weighted by Gasteiger charge is 2.39. The molecule has 160 valence electrons. The van der Waals surface area contributed by atoms with Crippen LogP contribution in [0.4, 0.5) is 5.69 Å². The summed E-state index contributed by atoms with van der Waals surface area (Å²) in [6, 6.07) is 11.8. The van der Waals surface area contributed by atoms with Crippen LogP contribution in [0.15, 0.2) is 47.1 Å². The molecule has 6 nitrogen and oxygen atoms in total. The Labute approximate surface area is 178 Å². The number of nitrogens with zero attached hydrogens (tertiary/aromatic N) is 2. The van der Waals surface area contributed by atoms with E-state index in [1.165, 1.54) is 5.56 Å². The van der Waals surface area contributed by atoms with Gasteiger partial charge >= 0.3 is 0 Å². The summed E-state index contributed by atoms with van der Waals surface area (Å²) in [7, 11) is 3.94. The topological polar surface area (TPSA) is 65.8 Å². The lowest BCUT2D eigenvalue weighted by Gasteiger charge is -2.33. The lowest BCUT2D eigenvalue weighted by atomic mass is 9.77. The molecule has 2 aliphatic rings. The molecule has 3 unspecified atom stereocenters. The van der Waals surface area contributed by atoms with Crippen LogP contribution in [0.25, 0.3) is 0 Å². The quantitative estimate of drug-likeness (QED) is 0.794. The van der Waals surface area contributed by atoms with Gasteiger partial charge in [-0.15, -0.1) is 0 Å². The number of carbonyl (C=O) groups is 2. The second-order valence-electron chi connectivity index (χ2n) is 8.61. The van der Waals surface area contributed by atoms with Crippen molar-refractivity contribution < 1.29 is 14.0 Å². The number of para-hydroxylation sites is 1. The molecular formula is C24H31N3O3. The van der Waals surface area contributed by atoms with Crippen LogP contribution in [-0.2, 0) is 16.0 Å². The average molecular weight is 410 g/mol. The van der Waals surface area contributed by atoms with Crippen molar-refractivity contribution in [3.8, 4) is 0 Å². The van der Waals surface area contributed by atoms with Crippen LogP contribution in [0.1, 0.15) is 43.0 Å². The van der Waals surface area contributed by atoms with Crippen molar-refractivity contribution in [2.75, 3.05) is 32.1 Å². The number of hydrogen-bond donors (Lipinski definition) is 1. The number of carbonyl (C=O) groups excluding carboxylic acids is 2. The smallest absolute Gasteiger partial charge is 0.230 e. The molecule has 30 heavy (non-hydrogen) atoms. The summed E-state index contributed by atoms with van der Waals surface area (Å²) in [6.45, 7) is 1.17. The van der Waals surface area contributed by atoms with Gasteiger partial charge in [0.05, 0.1) is 18.2 Å². The maximum atomic E-state index is 13.4. The number of nitrogens with one attached hydrogen (secondary N) is 1. The number of furan rings is 1. The molecule has 1 saturated carbocycles. The number of fused-ring (bicyclic) bond motifs is 1. The molecule has 0 radical (unpaired) electrons. The number of anilines is 1. The van der Waals surface area contributed by atoms with Crippen LogP contribution in [0, 0.1) is 11.8 Å². The van der Waals surface area contributed by atoms with E-state index in [9.17, 15) is 9.59 Å². The Balaban J connectivity index is 1.44. The number of benzene rings is 1. The van der Waals surface area contributed by atoms with Gasteiger partial charge in [-0.3, -0.25) is 14.5 Å². The zero-order valence-electron chi connectivity index (χ0n) is 17.8. The molecule has 0 saturated heterocycles. The average Bonchev–Trinajstić information content (AvgIpc) is 3.43. The minimum Gasteiger partial charge on any atom is -0.468 e. The summed E-state index contributed by atoms with van der Waals surface area (Å²) in [4.78, 5) is 30.5. The van der Waals surface area contributed by atoms with Crippen molar-refractivity contribution in [3.05, 3.63) is 54.0 Å². The van der Waals surface area contributed by atoms with E-state index in [0.29, 0.717) is 13.1 Å². The molecule has 3 atom stereocenters. The largest absolute Gasteiger partial charge is 0.468 e. The number of hydrogen-bond acceptors (Lipinski definition) is 4. The maximum absolute atomic E-state index is 13.4. The first-order valence-corrected chi connectivity index (χ1v) is 10.9. The first kappa shape index (κ1) is 20.7. The van der Waals surface area contributed by atoms with Crippen molar-refractivity contribution in [3.63, 3.8) is 0 Å². The number of amides is 2. The van der Waals surface area contributed by atoms with Crippen LogP contribution < -0.4 is 10.2 Å². The molecule has 4 rings (SSSR count). The summed E-state index contributed by atoms with van der Waals surface area (Å²) in [5.41, 5.74) is 2.23. The third-order valence-electron chi connectivity index (χ3n) is 6.54. The Morgan fingerprint density at radius 3 is 2.63 bits per heavy atom. The standard InChI is InChI=1S/C24H31N3O3/c1-26(2)21(22-12-7-15-30-22)16-25-23(28)18-9-4-5-10-19(18)24(29)27-14-13-17-8-3-6-11-20(17)27/h3,6-8,11-12,15,18-19,21H,4-5,9-10,13-14,16H2,1-2H3,(H,25,28). The Bertz CT molecular complexity index is 878. The van der Waals surface area contributed by atoms with Crippen LogP contribution in [-0.4, -0.2) is 43.9 Å². The maximum Gasteiger partial charge on any atom is 0.230 e. The molecule has 1 aromatic carbocycles. The first-order valence-electron chi connectivity index (χ1n) is 10.9. The molecule has 0 bridgehead atoms. The number of likely N-dealkylation sites (N-methyl/N-ethyl adjacent to an activating group) is 1. The van der Waals surface area contributed by atoms with Gasteiger partial charge in [0.2, 0.25) is 11.8 Å². The molecule has 1 aliphatic carbocycles. The van der Waals surface area contributed by atoms with Gasteiger partial charge in [-0.25, -0.2) is 0 Å². The van der Waals surface area contributed by atoms with Gasteiger partial charge in [0.25, 0.3) is 0 Å². The van der Waals surface area contributed by atoms with E-state index in [2.05, 4.69) is 11.4 Å². The summed E-state index contributed by atoms with van der Waals surface area (Å²) in [5, 5.41) is 3.11. The highest BCUT2D eigenvalue weighted by molar-refractivity contribution is 5.99. The summed E-state index contributed by atoms with van der Waals surface area (Å²) in [6.07, 6.45) is 6.09. The lowest BCUT2D eigenvalue weighted by Crippen LogP contribution is -2.46. The molecule has 1 aromatic heterocycles. The van der Waals surface area contributed by atoms with Crippen molar-refractivity contribution in [2.45, 2.75) is 38.1 Å². The van der Waals surface area contributed by atoms with E-state index >= 15 is 0 Å². The highest BCUT2D eigenvalue weighted by Crippen LogP contribution is 2.36. The zero-order chi connectivity index (χ0) is 21.1. The van der Waals surface area contributed by atoms with Gasteiger partial charge < -0.3 is 14.6 Å². The van der Waals surface area contributed by atoms with Crippen LogP contribution in [0.3, 0.4) is 0 Å². The first-order chi connectivity index (χ1) is 14.6. The second kappa shape index (κ2) is 9.04. The van der Waals surface area contributed by atoms with Crippen molar-refractivity contribution in [2.24, 2.45) is 11.8 Å². The summed E-state index contributed by atoms with van der Waals surface area (Å²) >= 11 is 0. The summed E-state index contributed by atoms with van der Waals surface area (Å²) in [5.74, 6) is 0.406. The molecule has 2 amide bonds. The molecule has 0 spiro atoms. The predicted octanol–water partition coefficient (Wildman–Crippen LogP) is 3.39. The zero-order valence-corrected chi connectivity index (χ0v) is 17.8. The molecule has 6 heteroatoms. The predicted molar refractivity (Wildman–Crippen MR) is 116 cm³/mol. The normalized spacial score (nSPS) is 22.0. The molecule has 2 aromatic rings. The Morgan fingerprint density at radius 1 is 1.13 bits per heavy atom. The van der Waals surface area contributed by atoms with Gasteiger partial charge in [-0.2, -0.15) is 0 Å². The monoisotopic (exact) mass is 409 g/mol. The van der Waals surface area contributed by atoms with E-state index in [4.69, 9.17) is 4.42 Å². The van der Waals surface area contributed by atoms with Crippen LogP contribution in [0.5, 0.6) is 0 Å². The molecule has 1 N–H and O–H groups in total. The van der Waals surface area contributed by atoms with Crippen LogP contribution >= 0.6 is 0 Å². The molecule has 1 aliphatic heterocycles. The third kappa shape index (κ3) is 4.15. The molecular weight excluding hydrogens is 378 g/mol. The van der Waals surface area contributed by atoms with Crippen LogP contribution in [0.2, 0.25) is 0 Å². The van der Waals surface area contributed by atoms with E-state index in [-0.39, 0.29) is 29.7 Å². The van der Waals surface area contributed by atoms with Crippen molar-refractivity contribution in [1.82, 2.24) is 10.2 Å². The van der Waals surface area contributed by atoms with Gasteiger partial charge in [0, 0.05) is 24.7 Å². The van der Waals surface area contributed by atoms with Crippen molar-refractivity contribution in [1.29, 1.82) is 0 Å². The SMILES string of the molecule is CN(C)C(CNC(=O)C1CCCCC1C(=O)N1CCc2ccccc21)c1ccco1. The number of rotatable bonds is 6. The van der Waals surface area contributed by atoms with Gasteiger partial charge in [-0.1, -0.05) is 31.0 Å².